The Morgan fingerprint density at radius 2 is 2.35 bits per heavy atom. The summed E-state index contributed by atoms with van der Waals surface area (Å²) in [6, 6.07) is 3.46. The molecule has 0 radical (unpaired) electrons. The smallest absolute Gasteiger partial charge is 0.239 e. The van der Waals surface area contributed by atoms with Crippen molar-refractivity contribution in [3.8, 4) is 9.88 Å². The van der Waals surface area contributed by atoms with Gasteiger partial charge in [-0.2, -0.15) is 0 Å². The number of hydrogen-bond donors (Lipinski definition) is 2. The predicted octanol–water partition coefficient (Wildman–Crippen LogP) is 2.12. The van der Waals surface area contributed by atoms with Crippen molar-refractivity contribution in [3.05, 3.63) is 46.8 Å². The Balaban J connectivity index is 1.60. The first kappa shape index (κ1) is 15.9. The minimum absolute atomic E-state index is 0.106. The number of thiophene rings is 1. The van der Waals surface area contributed by atoms with Crippen LogP contribution in [0.3, 0.4) is 0 Å². The molecule has 0 unspecified atom stereocenters. The van der Waals surface area contributed by atoms with Gasteiger partial charge in [0, 0.05) is 30.7 Å². The topological polar surface area (TPSA) is 87.9 Å². The maximum Gasteiger partial charge on any atom is 0.239 e. The van der Waals surface area contributed by atoms with Gasteiger partial charge in [-0.25, -0.2) is 9.97 Å². The van der Waals surface area contributed by atoms with E-state index < -0.39 is 6.04 Å². The lowest BCUT2D eigenvalue weighted by molar-refractivity contribution is -0.131. The van der Waals surface area contributed by atoms with Gasteiger partial charge in [0.15, 0.2) is 0 Å². The lowest BCUT2D eigenvalue weighted by atomic mass is 10.1. The van der Waals surface area contributed by atoms with Gasteiger partial charge in [-0.15, -0.1) is 22.7 Å². The molecule has 0 fully saturated rings. The van der Waals surface area contributed by atoms with Crippen LogP contribution in [-0.2, 0) is 17.8 Å². The third-order valence-electron chi connectivity index (χ3n) is 3.37. The zero-order valence-electron chi connectivity index (χ0n) is 12.6. The van der Waals surface area contributed by atoms with Crippen molar-refractivity contribution >= 4 is 28.6 Å². The van der Waals surface area contributed by atoms with Crippen LogP contribution in [0.4, 0.5) is 0 Å². The highest BCUT2D eigenvalue weighted by Crippen LogP contribution is 2.28. The van der Waals surface area contributed by atoms with Gasteiger partial charge in [-0.1, -0.05) is 6.07 Å². The summed E-state index contributed by atoms with van der Waals surface area (Å²) in [5.41, 5.74) is 7.72. The van der Waals surface area contributed by atoms with Crippen LogP contribution in [-0.4, -0.2) is 38.8 Å². The second-order valence-corrected chi connectivity index (χ2v) is 7.01. The average Bonchev–Trinajstić information content (AvgIpc) is 3.27. The Bertz CT molecular complexity index is 751. The van der Waals surface area contributed by atoms with Crippen molar-refractivity contribution in [1.82, 2.24) is 19.9 Å². The average molecular weight is 347 g/mol. The number of nitrogens with two attached hydrogens (primary N) is 1. The summed E-state index contributed by atoms with van der Waals surface area (Å²) in [6.45, 7) is 0.456. The highest BCUT2D eigenvalue weighted by Gasteiger charge is 2.20. The van der Waals surface area contributed by atoms with Crippen LogP contribution < -0.4 is 5.73 Å². The van der Waals surface area contributed by atoms with Crippen molar-refractivity contribution in [2.24, 2.45) is 5.73 Å². The highest BCUT2D eigenvalue weighted by atomic mass is 32.1. The molecule has 0 spiro atoms. The van der Waals surface area contributed by atoms with Crippen molar-refractivity contribution in [2.75, 3.05) is 7.05 Å². The Kier molecular flexibility index (Phi) is 4.85. The van der Waals surface area contributed by atoms with Gasteiger partial charge in [-0.3, -0.25) is 4.79 Å². The molecule has 3 aromatic heterocycles. The predicted molar refractivity (Wildman–Crippen MR) is 92.2 cm³/mol. The quantitative estimate of drug-likeness (QED) is 0.715. The Hall–Kier alpha value is -2.03. The van der Waals surface area contributed by atoms with E-state index in [0.717, 1.165) is 21.3 Å². The fourth-order valence-electron chi connectivity index (χ4n) is 2.22. The standard InChI is InChI=1S/C15H17N5OS2/c1-20(15(21)12(16)5-10-6-17-9-18-10)7-11-8-23-14(19-11)13-3-2-4-22-13/h2-4,6,8-9,12H,5,7,16H2,1H3,(H,17,18)/t12-/m0/s1. The maximum absolute atomic E-state index is 12.4. The summed E-state index contributed by atoms with van der Waals surface area (Å²) in [4.78, 5) is 26.6. The summed E-state index contributed by atoms with van der Waals surface area (Å²) in [7, 11) is 1.75. The van der Waals surface area contributed by atoms with Crippen LogP contribution in [0.2, 0.25) is 0 Å². The number of imidazole rings is 1. The number of rotatable bonds is 6. The number of amides is 1. The molecule has 6 nitrogen and oxygen atoms in total. The highest BCUT2D eigenvalue weighted by molar-refractivity contribution is 7.20. The van der Waals surface area contributed by atoms with E-state index in [2.05, 4.69) is 15.0 Å². The third-order valence-corrected chi connectivity index (χ3v) is 5.30. The molecule has 23 heavy (non-hydrogen) atoms. The molecule has 1 atom stereocenters. The van der Waals surface area contributed by atoms with Gasteiger partial charge in [0.05, 0.1) is 29.5 Å². The van der Waals surface area contributed by atoms with Crippen LogP contribution >= 0.6 is 22.7 Å². The number of likely N-dealkylation sites (N-methyl/N-ethyl adjacent to an activating group) is 1. The summed E-state index contributed by atoms with van der Waals surface area (Å²) in [5, 5.41) is 5.00. The summed E-state index contributed by atoms with van der Waals surface area (Å²) in [5.74, 6) is -0.106. The molecule has 3 aromatic rings. The fraction of sp³-hybridized carbons (Fsp3) is 0.267. The molecule has 3 heterocycles. The van der Waals surface area contributed by atoms with E-state index in [1.807, 2.05) is 22.9 Å². The van der Waals surface area contributed by atoms with Crippen LogP contribution in [0.1, 0.15) is 11.4 Å². The Labute approximate surface area is 142 Å². The van der Waals surface area contributed by atoms with E-state index in [9.17, 15) is 4.79 Å². The molecule has 3 rings (SSSR count). The Morgan fingerprint density at radius 3 is 3.04 bits per heavy atom. The number of hydrogen-bond acceptors (Lipinski definition) is 6. The van der Waals surface area contributed by atoms with Crippen molar-refractivity contribution in [2.45, 2.75) is 19.0 Å². The number of nitrogens with zero attached hydrogens (tertiary/aromatic N) is 3. The molecule has 0 saturated carbocycles. The monoisotopic (exact) mass is 347 g/mol. The molecule has 0 saturated heterocycles. The van der Waals surface area contributed by atoms with Gasteiger partial charge < -0.3 is 15.6 Å². The van der Waals surface area contributed by atoms with Crippen LogP contribution in [0, 0.1) is 0 Å². The lowest BCUT2D eigenvalue weighted by Crippen LogP contribution is -2.42. The zero-order valence-corrected chi connectivity index (χ0v) is 14.2. The largest absolute Gasteiger partial charge is 0.348 e. The third kappa shape index (κ3) is 3.84. The van der Waals surface area contributed by atoms with Crippen LogP contribution in [0.15, 0.2) is 35.4 Å². The second-order valence-electron chi connectivity index (χ2n) is 5.20. The van der Waals surface area contributed by atoms with E-state index in [0.29, 0.717) is 13.0 Å². The lowest BCUT2D eigenvalue weighted by Gasteiger charge is -2.20. The number of H-pyrrole nitrogens is 1. The maximum atomic E-state index is 12.4. The molecule has 3 N–H and O–H groups in total. The first-order valence-electron chi connectivity index (χ1n) is 7.09. The summed E-state index contributed by atoms with van der Waals surface area (Å²) >= 11 is 3.25. The number of aromatic amines is 1. The number of aromatic nitrogens is 3. The first-order valence-corrected chi connectivity index (χ1v) is 8.85. The zero-order chi connectivity index (χ0) is 16.2. The Morgan fingerprint density at radius 1 is 1.48 bits per heavy atom. The minimum atomic E-state index is -0.587. The number of thiazole rings is 1. The van der Waals surface area contributed by atoms with Crippen molar-refractivity contribution in [3.63, 3.8) is 0 Å². The SMILES string of the molecule is CN(Cc1csc(-c2cccs2)n1)C(=O)[C@@H](N)Cc1cnc[nH]1. The van der Waals surface area contributed by atoms with Gasteiger partial charge in [0.1, 0.15) is 5.01 Å². The molecule has 8 heteroatoms. The van der Waals surface area contributed by atoms with Gasteiger partial charge in [-0.05, 0) is 11.4 Å². The fourth-order valence-corrected chi connectivity index (χ4v) is 3.84. The summed E-state index contributed by atoms with van der Waals surface area (Å²) in [6.07, 6.45) is 3.71. The molecule has 1 amide bonds. The number of carbonyl (C=O) groups is 1. The molecule has 0 aromatic carbocycles. The van der Waals surface area contributed by atoms with Gasteiger partial charge in [0.25, 0.3) is 0 Å². The van der Waals surface area contributed by atoms with E-state index in [-0.39, 0.29) is 5.91 Å². The van der Waals surface area contributed by atoms with E-state index in [1.54, 1.807) is 47.1 Å². The first-order chi connectivity index (χ1) is 11.1. The number of nitrogens with one attached hydrogen (secondary N) is 1. The normalized spacial score (nSPS) is 12.3. The van der Waals surface area contributed by atoms with Crippen LogP contribution in [0.5, 0.6) is 0 Å². The van der Waals surface area contributed by atoms with Gasteiger partial charge in [0.2, 0.25) is 5.91 Å². The van der Waals surface area contributed by atoms with Crippen molar-refractivity contribution in [1.29, 1.82) is 0 Å². The molecular formula is C15H17N5OS2. The second kappa shape index (κ2) is 7.03. The molecule has 120 valence electrons. The van der Waals surface area contributed by atoms with Crippen LogP contribution in [0.25, 0.3) is 9.88 Å². The number of carbonyl (C=O) groups excluding carboxylic acids is 1. The molecule has 0 bridgehead atoms. The molecule has 0 aliphatic heterocycles. The molecule has 0 aliphatic rings. The van der Waals surface area contributed by atoms with E-state index in [4.69, 9.17) is 5.73 Å². The van der Waals surface area contributed by atoms with E-state index in [1.165, 1.54) is 0 Å². The van der Waals surface area contributed by atoms with Gasteiger partial charge >= 0.3 is 0 Å². The molecule has 0 aliphatic carbocycles. The van der Waals surface area contributed by atoms with Crippen molar-refractivity contribution < 1.29 is 4.79 Å². The summed E-state index contributed by atoms with van der Waals surface area (Å²) < 4.78 is 0. The minimum Gasteiger partial charge on any atom is -0.348 e. The van der Waals surface area contributed by atoms with E-state index >= 15 is 0 Å². The molecular weight excluding hydrogens is 330 g/mol.